The lowest BCUT2D eigenvalue weighted by molar-refractivity contribution is 0.552. The van der Waals surface area contributed by atoms with Crippen LogP contribution in [0.4, 0.5) is 0 Å². The zero-order valence-corrected chi connectivity index (χ0v) is 14.9. The molecule has 0 heterocycles. The van der Waals surface area contributed by atoms with Crippen LogP contribution in [0.15, 0.2) is 91.0 Å². The summed E-state index contributed by atoms with van der Waals surface area (Å²) >= 11 is 6.29. The topological polar surface area (TPSA) is 3.24 Å². The second-order valence-electron chi connectivity index (χ2n) is 5.55. The average Bonchev–Trinajstić information content (AvgIpc) is 2.63. The van der Waals surface area contributed by atoms with Crippen molar-refractivity contribution in [3.8, 4) is 0 Å². The minimum Gasteiger partial charge on any atom is -0.267 e. The Morgan fingerprint density at radius 3 is 1.52 bits per heavy atom. The van der Waals surface area contributed by atoms with Crippen molar-refractivity contribution in [1.82, 2.24) is 4.67 Å². The fourth-order valence-corrected chi connectivity index (χ4v) is 6.26. The highest BCUT2D eigenvalue weighted by atomic mass is 32.4. The summed E-state index contributed by atoms with van der Waals surface area (Å²) in [5.74, 6) is 0. The minimum absolute atomic E-state index is 0.849. The van der Waals surface area contributed by atoms with Crippen molar-refractivity contribution < 1.29 is 0 Å². The summed E-state index contributed by atoms with van der Waals surface area (Å²) in [7, 11) is 2.15. The van der Waals surface area contributed by atoms with Crippen molar-refractivity contribution >= 4 is 28.6 Å². The van der Waals surface area contributed by atoms with Crippen LogP contribution in [-0.2, 0) is 18.4 Å². The lowest BCUT2D eigenvalue weighted by Crippen LogP contribution is -2.29. The Balaban J connectivity index is 2.04. The fourth-order valence-electron chi connectivity index (χ4n) is 2.75. The number of benzene rings is 3. The van der Waals surface area contributed by atoms with E-state index in [0.717, 1.165) is 6.54 Å². The summed E-state index contributed by atoms with van der Waals surface area (Å²) in [5, 5.41) is 2.47. The van der Waals surface area contributed by atoms with Gasteiger partial charge in [0.05, 0.1) is 6.19 Å². The molecular weight excluding hydrogens is 317 g/mol. The van der Waals surface area contributed by atoms with Gasteiger partial charge < -0.3 is 0 Å². The molecular formula is C20H20NPS. The van der Waals surface area contributed by atoms with Gasteiger partial charge in [-0.05, 0) is 12.6 Å². The van der Waals surface area contributed by atoms with E-state index in [2.05, 4.69) is 84.5 Å². The third kappa shape index (κ3) is 3.45. The van der Waals surface area contributed by atoms with E-state index in [9.17, 15) is 0 Å². The SMILES string of the molecule is CN(Cc1ccccc1)P(=S)(c1ccccc1)c1ccccc1. The zero-order chi connectivity index (χ0) is 16.1. The van der Waals surface area contributed by atoms with Crippen LogP contribution in [0.25, 0.3) is 0 Å². The van der Waals surface area contributed by atoms with Crippen LogP contribution >= 0.6 is 6.19 Å². The normalized spacial score (nSPS) is 11.6. The molecule has 0 atom stereocenters. The van der Waals surface area contributed by atoms with E-state index in [1.807, 2.05) is 18.2 Å². The highest BCUT2D eigenvalue weighted by Gasteiger charge is 2.27. The first-order valence-corrected chi connectivity index (χ1v) is 10.4. The minimum atomic E-state index is -2.01. The van der Waals surface area contributed by atoms with Gasteiger partial charge in [0.2, 0.25) is 0 Å². The number of rotatable bonds is 5. The van der Waals surface area contributed by atoms with E-state index in [4.69, 9.17) is 11.8 Å². The first-order chi connectivity index (χ1) is 11.2. The highest BCUT2D eigenvalue weighted by Crippen LogP contribution is 2.47. The van der Waals surface area contributed by atoms with Crippen molar-refractivity contribution in [2.24, 2.45) is 0 Å². The third-order valence-electron chi connectivity index (χ3n) is 3.95. The summed E-state index contributed by atoms with van der Waals surface area (Å²) in [5.41, 5.74) is 1.29. The molecule has 0 bridgehead atoms. The molecule has 1 nitrogen and oxygen atoms in total. The predicted octanol–water partition coefficient (Wildman–Crippen LogP) is 4.16. The second-order valence-corrected chi connectivity index (χ2v) is 10.0. The molecule has 23 heavy (non-hydrogen) atoms. The predicted molar refractivity (Wildman–Crippen MR) is 104 cm³/mol. The number of hydrogen-bond acceptors (Lipinski definition) is 1. The monoisotopic (exact) mass is 337 g/mol. The Bertz CT molecular complexity index is 744. The molecule has 0 unspecified atom stereocenters. The Kier molecular flexibility index (Phi) is 5.07. The standard InChI is InChI=1S/C20H20NPS/c1-21(17-18-11-5-2-6-12-18)22(23,19-13-7-3-8-14-19)20-15-9-4-10-16-20/h2-16H,17H2,1H3. The highest BCUT2D eigenvalue weighted by molar-refractivity contribution is 8.20. The van der Waals surface area contributed by atoms with Gasteiger partial charge in [0.25, 0.3) is 0 Å². The summed E-state index contributed by atoms with van der Waals surface area (Å²) in [4.78, 5) is 0. The van der Waals surface area contributed by atoms with Gasteiger partial charge >= 0.3 is 0 Å². The molecule has 116 valence electrons. The van der Waals surface area contributed by atoms with Crippen LogP contribution in [0.5, 0.6) is 0 Å². The summed E-state index contributed by atoms with van der Waals surface area (Å²) < 4.78 is 2.35. The molecule has 0 amide bonds. The molecule has 0 aliphatic heterocycles. The molecule has 3 aromatic rings. The van der Waals surface area contributed by atoms with Crippen LogP contribution in [-0.4, -0.2) is 11.7 Å². The lowest BCUT2D eigenvalue weighted by atomic mass is 10.2. The molecule has 3 rings (SSSR count). The molecule has 0 N–H and O–H groups in total. The largest absolute Gasteiger partial charge is 0.267 e. The van der Waals surface area contributed by atoms with Gasteiger partial charge in [0.1, 0.15) is 0 Å². The molecule has 0 aromatic heterocycles. The van der Waals surface area contributed by atoms with Crippen molar-refractivity contribution in [3.63, 3.8) is 0 Å². The van der Waals surface area contributed by atoms with Gasteiger partial charge in [-0.25, -0.2) is 0 Å². The summed E-state index contributed by atoms with van der Waals surface area (Å²) in [6.07, 6.45) is -2.01. The molecule has 0 aliphatic rings. The van der Waals surface area contributed by atoms with Gasteiger partial charge in [-0.1, -0.05) is 103 Å². The zero-order valence-electron chi connectivity index (χ0n) is 13.2. The van der Waals surface area contributed by atoms with Crippen LogP contribution in [0, 0.1) is 0 Å². The lowest BCUT2D eigenvalue weighted by Gasteiger charge is -2.33. The molecule has 0 fully saturated rings. The van der Waals surface area contributed by atoms with Crippen molar-refractivity contribution in [1.29, 1.82) is 0 Å². The number of nitrogens with zero attached hydrogens (tertiary/aromatic N) is 1. The Morgan fingerprint density at radius 2 is 1.09 bits per heavy atom. The summed E-state index contributed by atoms with van der Waals surface area (Å²) in [6, 6.07) is 31.6. The van der Waals surface area contributed by atoms with Gasteiger partial charge in [0, 0.05) is 17.2 Å². The summed E-state index contributed by atoms with van der Waals surface area (Å²) in [6.45, 7) is 0.849. The van der Waals surface area contributed by atoms with Gasteiger partial charge in [-0.2, -0.15) is 0 Å². The molecule has 3 aromatic carbocycles. The Morgan fingerprint density at radius 1 is 0.696 bits per heavy atom. The van der Waals surface area contributed by atoms with E-state index in [-0.39, 0.29) is 0 Å². The van der Waals surface area contributed by atoms with E-state index in [1.54, 1.807) is 0 Å². The second kappa shape index (κ2) is 7.23. The molecule has 0 saturated carbocycles. The third-order valence-corrected chi connectivity index (χ3v) is 9.15. The van der Waals surface area contributed by atoms with Gasteiger partial charge in [0.15, 0.2) is 0 Å². The average molecular weight is 337 g/mol. The smallest absolute Gasteiger partial charge is 0.0710 e. The maximum Gasteiger partial charge on any atom is 0.0710 e. The van der Waals surface area contributed by atoms with E-state index < -0.39 is 6.19 Å². The maximum atomic E-state index is 6.29. The van der Waals surface area contributed by atoms with Crippen LogP contribution < -0.4 is 10.6 Å². The van der Waals surface area contributed by atoms with Gasteiger partial charge in [-0.3, -0.25) is 4.67 Å². The van der Waals surface area contributed by atoms with Crippen LogP contribution in [0.3, 0.4) is 0 Å². The van der Waals surface area contributed by atoms with E-state index in [0.29, 0.717) is 0 Å². The maximum absolute atomic E-state index is 6.29. The Labute approximate surface area is 143 Å². The van der Waals surface area contributed by atoms with Gasteiger partial charge in [-0.15, -0.1) is 0 Å². The van der Waals surface area contributed by atoms with Crippen molar-refractivity contribution in [3.05, 3.63) is 96.6 Å². The quantitative estimate of drug-likeness (QED) is 0.643. The molecule has 0 aliphatic carbocycles. The van der Waals surface area contributed by atoms with Crippen molar-refractivity contribution in [2.45, 2.75) is 6.54 Å². The molecule has 3 heteroatoms. The van der Waals surface area contributed by atoms with Crippen LogP contribution in [0.1, 0.15) is 5.56 Å². The first-order valence-electron chi connectivity index (χ1n) is 7.68. The van der Waals surface area contributed by atoms with E-state index >= 15 is 0 Å². The molecule has 0 spiro atoms. The number of hydrogen-bond donors (Lipinski definition) is 0. The fraction of sp³-hybridized carbons (Fsp3) is 0.100. The molecule has 0 saturated heterocycles. The van der Waals surface area contributed by atoms with Crippen molar-refractivity contribution in [2.75, 3.05) is 7.05 Å². The Hall–Kier alpha value is -1.73. The van der Waals surface area contributed by atoms with E-state index in [1.165, 1.54) is 16.2 Å². The molecule has 0 radical (unpaired) electrons. The van der Waals surface area contributed by atoms with Crippen LogP contribution in [0.2, 0.25) is 0 Å². The first kappa shape index (κ1) is 16.1.